The number of aromatic carboxylic acids is 1. The summed E-state index contributed by atoms with van der Waals surface area (Å²) in [5.41, 5.74) is 0.154. The van der Waals surface area contributed by atoms with Crippen molar-refractivity contribution < 1.29 is 19.4 Å². The molecule has 1 heterocycles. The van der Waals surface area contributed by atoms with Crippen LogP contribution in [0, 0.1) is 5.82 Å². The van der Waals surface area contributed by atoms with Crippen LogP contribution in [0.15, 0.2) is 24.3 Å². The molecule has 94 valence electrons. The second-order valence-corrected chi connectivity index (χ2v) is 4.63. The smallest absolute Gasteiger partial charge is 0.355 e. The number of halogens is 1. The van der Waals surface area contributed by atoms with Gasteiger partial charge in [0.1, 0.15) is 10.8 Å². The van der Waals surface area contributed by atoms with E-state index < -0.39 is 11.8 Å². The van der Waals surface area contributed by atoms with E-state index in [-0.39, 0.29) is 24.3 Å². The fourth-order valence-electron chi connectivity index (χ4n) is 1.54. The maximum atomic E-state index is 13.6. The van der Waals surface area contributed by atoms with Crippen molar-refractivity contribution in [2.75, 3.05) is 6.61 Å². The van der Waals surface area contributed by atoms with Crippen molar-refractivity contribution in [2.24, 2.45) is 0 Å². The number of aliphatic hydroxyl groups excluding tert-OH is 1. The standard InChI is InChI=1S/C12H10FNO3S/c13-8-4-2-1-3-7(8)11-14-10(12(16)17)9(18-11)5-6-15/h1-4,15H,5-6H2,(H,16,17). The molecule has 0 saturated heterocycles. The third kappa shape index (κ3) is 2.39. The normalized spacial score (nSPS) is 10.6. The number of hydrogen-bond donors (Lipinski definition) is 2. The van der Waals surface area contributed by atoms with Crippen LogP contribution in [0.2, 0.25) is 0 Å². The number of carbonyl (C=O) groups is 1. The van der Waals surface area contributed by atoms with Crippen LogP contribution in [0.5, 0.6) is 0 Å². The van der Waals surface area contributed by atoms with Gasteiger partial charge in [0.2, 0.25) is 0 Å². The Bertz CT molecular complexity index is 582. The molecule has 0 unspecified atom stereocenters. The lowest BCUT2D eigenvalue weighted by Gasteiger charge is -1.96. The molecule has 2 N–H and O–H groups in total. The molecule has 0 atom stereocenters. The van der Waals surface area contributed by atoms with Crippen LogP contribution in [0.4, 0.5) is 4.39 Å². The van der Waals surface area contributed by atoms with Crippen molar-refractivity contribution in [1.82, 2.24) is 4.98 Å². The fourth-order valence-corrected chi connectivity index (χ4v) is 2.61. The number of carboxylic acids is 1. The predicted octanol–water partition coefficient (Wildman–Crippen LogP) is 2.18. The molecular formula is C12H10FNO3S. The highest BCUT2D eigenvalue weighted by molar-refractivity contribution is 7.15. The average Bonchev–Trinajstić information content (AvgIpc) is 2.74. The van der Waals surface area contributed by atoms with Gasteiger partial charge in [-0.2, -0.15) is 0 Å². The SMILES string of the molecule is O=C(O)c1nc(-c2ccccc2F)sc1CCO. The maximum Gasteiger partial charge on any atom is 0.355 e. The van der Waals surface area contributed by atoms with Crippen LogP contribution in [0.1, 0.15) is 15.4 Å². The van der Waals surface area contributed by atoms with Crippen LogP contribution in [-0.4, -0.2) is 27.8 Å². The molecule has 0 aliphatic rings. The number of aliphatic hydroxyl groups is 1. The molecule has 4 nitrogen and oxygen atoms in total. The molecule has 0 spiro atoms. The van der Waals surface area contributed by atoms with E-state index in [9.17, 15) is 9.18 Å². The Hall–Kier alpha value is -1.79. The van der Waals surface area contributed by atoms with E-state index in [4.69, 9.17) is 10.2 Å². The van der Waals surface area contributed by atoms with Gasteiger partial charge in [0.05, 0.1) is 0 Å². The lowest BCUT2D eigenvalue weighted by atomic mass is 10.2. The molecule has 0 saturated carbocycles. The molecule has 0 amide bonds. The first-order chi connectivity index (χ1) is 8.63. The van der Waals surface area contributed by atoms with E-state index >= 15 is 0 Å². The summed E-state index contributed by atoms with van der Waals surface area (Å²) in [6, 6.07) is 6.05. The van der Waals surface area contributed by atoms with Crippen molar-refractivity contribution in [3.63, 3.8) is 0 Å². The number of nitrogens with zero attached hydrogens (tertiary/aromatic N) is 1. The van der Waals surface area contributed by atoms with Crippen molar-refractivity contribution in [3.05, 3.63) is 40.7 Å². The van der Waals surface area contributed by atoms with Gasteiger partial charge in [0.15, 0.2) is 5.69 Å². The molecule has 0 aliphatic carbocycles. The third-order valence-electron chi connectivity index (χ3n) is 2.34. The van der Waals surface area contributed by atoms with Gasteiger partial charge >= 0.3 is 5.97 Å². The monoisotopic (exact) mass is 267 g/mol. The summed E-state index contributed by atoms with van der Waals surface area (Å²) in [6.07, 6.45) is 0.202. The first-order valence-corrected chi connectivity index (χ1v) is 6.04. The van der Waals surface area contributed by atoms with Gasteiger partial charge < -0.3 is 10.2 Å². The van der Waals surface area contributed by atoms with Crippen LogP contribution in [0.3, 0.4) is 0 Å². The Balaban J connectivity index is 2.50. The number of thiazole rings is 1. The highest BCUT2D eigenvalue weighted by atomic mass is 32.1. The maximum absolute atomic E-state index is 13.6. The second kappa shape index (κ2) is 5.24. The number of hydrogen-bond acceptors (Lipinski definition) is 4. The zero-order chi connectivity index (χ0) is 13.1. The first-order valence-electron chi connectivity index (χ1n) is 5.22. The van der Waals surface area contributed by atoms with Gasteiger partial charge in [0, 0.05) is 23.5 Å². The van der Waals surface area contributed by atoms with Gasteiger partial charge in [-0.3, -0.25) is 0 Å². The van der Waals surface area contributed by atoms with Crippen LogP contribution < -0.4 is 0 Å². The third-order valence-corrected chi connectivity index (χ3v) is 3.49. The molecule has 0 bridgehead atoms. The van der Waals surface area contributed by atoms with Crippen molar-refractivity contribution in [3.8, 4) is 10.6 Å². The highest BCUT2D eigenvalue weighted by Gasteiger charge is 2.19. The molecule has 0 fully saturated rings. The number of aromatic nitrogens is 1. The van der Waals surface area contributed by atoms with Crippen LogP contribution in [-0.2, 0) is 6.42 Å². The van der Waals surface area contributed by atoms with E-state index in [1.807, 2.05) is 0 Å². The second-order valence-electron chi connectivity index (χ2n) is 3.55. The Morgan fingerprint density at radius 1 is 1.39 bits per heavy atom. The molecule has 2 rings (SSSR count). The molecule has 0 aliphatic heterocycles. The van der Waals surface area contributed by atoms with E-state index in [0.29, 0.717) is 9.88 Å². The summed E-state index contributed by atoms with van der Waals surface area (Å²) in [4.78, 5) is 15.4. The minimum atomic E-state index is -1.17. The quantitative estimate of drug-likeness (QED) is 0.890. The Kier molecular flexibility index (Phi) is 3.69. The molecule has 18 heavy (non-hydrogen) atoms. The van der Waals surface area contributed by atoms with E-state index in [1.54, 1.807) is 18.2 Å². The van der Waals surface area contributed by atoms with Gasteiger partial charge in [-0.1, -0.05) is 12.1 Å². The predicted molar refractivity (Wildman–Crippen MR) is 65.3 cm³/mol. The summed E-state index contributed by atoms with van der Waals surface area (Å²) in [5.74, 6) is -1.61. The molecule has 2 aromatic rings. The molecular weight excluding hydrogens is 257 g/mol. The fraction of sp³-hybridized carbons (Fsp3) is 0.167. The minimum absolute atomic E-state index is 0.118. The van der Waals surface area contributed by atoms with Crippen LogP contribution in [0.25, 0.3) is 10.6 Å². The zero-order valence-electron chi connectivity index (χ0n) is 9.26. The van der Waals surface area contributed by atoms with Gasteiger partial charge in [-0.15, -0.1) is 11.3 Å². The van der Waals surface area contributed by atoms with E-state index in [2.05, 4.69) is 4.98 Å². The number of rotatable bonds is 4. The average molecular weight is 267 g/mol. The largest absolute Gasteiger partial charge is 0.476 e. The van der Waals surface area contributed by atoms with E-state index in [0.717, 1.165) is 11.3 Å². The van der Waals surface area contributed by atoms with Crippen LogP contribution >= 0.6 is 11.3 Å². The van der Waals surface area contributed by atoms with Crippen molar-refractivity contribution >= 4 is 17.3 Å². The summed E-state index contributed by atoms with van der Waals surface area (Å²) in [6.45, 7) is -0.167. The summed E-state index contributed by atoms with van der Waals surface area (Å²) >= 11 is 1.09. The van der Waals surface area contributed by atoms with Gasteiger partial charge in [0.25, 0.3) is 0 Å². The van der Waals surface area contributed by atoms with E-state index in [1.165, 1.54) is 6.07 Å². The molecule has 0 radical (unpaired) electrons. The molecule has 1 aromatic heterocycles. The Labute approximate surface area is 106 Å². The topological polar surface area (TPSA) is 70.4 Å². The summed E-state index contributed by atoms with van der Waals surface area (Å²) < 4.78 is 13.6. The Morgan fingerprint density at radius 3 is 2.72 bits per heavy atom. The van der Waals surface area contributed by atoms with Crippen molar-refractivity contribution in [1.29, 1.82) is 0 Å². The first kappa shape index (κ1) is 12.7. The number of carboxylic acid groups (broad SMARTS) is 1. The lowest BCUT2D eigenvalue weighted by molar-refractivity contribution is 0.0690. The Morgan fingerprint density at radius 2 is 2.11 bits per heavy atom. The summed E-state index contributed by atoms with van der Waals surface area (Å²) in [5, 5.41) is 18.2. The highest BCUT2D eigenvalue weighted by Crippen LogP contribution is 2.30. The molecule has 6 heteroatoms. The number of benzene rings is 1. The van der Waals surface area contributed by atoms with Gasteiger partial charge in [-0.05, 0) is 12.1 Å². The van der Waals surface area contributed by atoms with Crippen molar-refractivity contribution in [2.45, 2.75) is 6.42 Å². The van der Waals surface area contributed by atoms with Gasteiger partial charge in [-0.25, -0.2) is 14.2 Å². The zero-order valence-corrected chi connectivity index (χ0v) is 10.1. The molecule has 1 aromatic carbocycles. The lowest BCUT2D eigenvalue weighted by Crippen LogP contribution is -2.02. The minimum Gasteiger partial charge on any atom is -0.476 e. The summed E-state index contributed by atoms with van der Waals surface area (Å²) in [7, 11) is 0.